The highest BCUT2D eigenvalue weighted by atomic mass is 19.4. The molecule has 0 aliphatic carbocycles. The summed E-state index contributed by atoms with van der Waals surface area (Å²) in [6, 6.07) is 16.4. The van der Waals surface area contributed by atoms with E-state index in [1.165, 1.54) is 12.1 Å². The van der Waals surface area contributed by atoms with E-state index >= 15 is 0 Å². The first kappa shape index (κ1) is 20.1. The lowest BCUT2D eigenvalue weighted by molar-refractivity contribution is -0.137. The number of hydrogen-bond donors (Lipinski definition) is 2. The standard InChI is InChI=1S/C22H16F3NO3/c1-13-2-4-14(5-3-13)15-6-8-16(9-7-15)20(27)26-19-12-17(22(23,24)25)10-11-18(19)21(28)29/h2-12H,1H3,(H,26,27)(H,28,29). The first-order valence-electron chi connectivity index (χ1n) is 8.58. The van der Waals surface area contributed by atoms with Crippen LogP contribution in [-0.2, 0) is 6.18 Å². The van der Waals surface area contributed by atoms with Crippen molar-refractivity contribution in [3.63, 3.8) is 0 Å². The van der Waals surface area contributed by atoms with E-state index in [0.29, 0.717) is 12.1 Å². The van der Waals surface area contributed by atoms with Crippen molar-refractivity contribution in [3.05, 3.63) is 89.0 Å². The smallest absolute Gasteiger partial charge is 0.416 e. The van der Waals surface area contributed by atoms with Crippen molar-refractivity contribution in [1.82, 2.24) is 0 Å². The number of halogens is 3. The minimum absolute atomic E-state index is 0.189. The average molecular weight is 399 g/mol. The van der Waals surface area contributed by atoms with Gasteiger partial charge in [-0.2, -0.15) is 13.2 Å². The zero-order valence-corrected chi connectivity index (χ0v) is 15.2. The molecule has 3 aromatic rings. The molecule has 148 valence electrons. The SMILES string of the molecule is Cc1ccc(-c2ccc(C(=O)Nc3cc(C(F)(F)F)ccc3C(=O)O)cc2)cc1. The quantitative estimate of drug-likeness (QED) is 0.597. The molecule has 0 spiro atoms. The van der Waals surface area contributed by atoms with E-state index in [1.807, 2.05) is 31.2 Å². The number of aryl methyl sites for hydroxylation is 1. The van der Waals surface area contributed by atoms with Gasteiger partial charge in [0.1, 0.15) is 0 Å². The molecule has 2 N–H and O–H groups in total. The Bertz CT molecular complexity index is 1060. The summed E-state index contributed by atoms with van der Waals surface area (Å²) in [5.74, 6) is -2.15. The highest BCUT2D eigenvalue weighted by Crippen LogP contribution is 2.32. The molecule has 1 amide bonds. The van der Waals surface area contributed by atoms with E-state index in [1.54, 1.807) is 12.1 Å². The Kier molecular flexibility index (Phi) is 5.41. The molecule has 29 heavy (non-hydrogen) atoms. The van der Waals surface area contributed by atoms with E-state index in [-0.39, 0.29) is 5.56 Å². The summed E-state index contributed by atoms with van der Waals surface area (Å²) in [6.07, 6.45) is -4.66. The lowest BCUT2D eigenvalue weighted by Gasteiger charge is -2.13. The van der Waals surface area contributed by atoms with Crippen LogP contribution in [0.2, 0.25) is 0 Å². The van der Waals surface area contributed by atoms with Crippen molar-refractivity contribution in [2.75, 3.05) is 5.32 Å². The summed E-state index contributed by atoms with van der Waals surface area (Å²) in [7, 11) is 0. The van der Waals surface area contributed by atoms with Crippen LogP contribution in [-0.4, -0.2) is 17.0 Å². The van der Waals surface area contributed by atoms with Crippen LogP contribution in [0.5, 0.6) is 0 Å². The molecule has 0 bridgehead atoms. The maximum Gasteiger partial charge on any atom is 0.416 e. The average Bonchev–Trinajstić information content (AvgIpc) is 2.68. The molecule has 0 unspecified atom stereocenters. The van der Waals surface area contributed by atoms with Crippen molar-refractivity contribution in [3.8, 4) is 11.1 Å². The molecule has 0 heterocycles. The minimum atomic E-state index is -4.66. The number of nitrogens with one attached hydrogen (secondary N) is 1. The molecule has 0 saturated carbocycles. The molecule has 0 saturated heterocycles. The fourth-order valence-electron chi connectivity index (χ4n) is 2.77. The monoisotopic (exact) mass is 399 g/mol. The van der Waals surface area contributed by atoms with Gasteiger partial charge in [-0.1, -0.05) is 42.0 Å². The number of carboxylic acid groups (broad SMARTS) is 1. The van der Waals surface area contributed by atoms with Crippen LogP contribution in [0, 0.1) is 6.92 Å². The van der Waals surface area contributed by atoms with Crippen molar-refractivity contribution < 1.29 is 27.9 Å². The van der Waals surface area contributed by atoms with Gasteiger partial charge in [0.15, 0.2) is 0 Å². The van der Waals surface area contributed by atoms with Crippen molar-refractivity contribution in [2.24, 2.45) is 0 Å². The molecule has 0 aromatic heterocycles. The van der Waals surface area contributed by atoms with Gasteiger partial charge >= 0.3 is 12.1 Å². The van der Waals surface area contributed by atoms with Crippen LogP contribution in [0.1, 0.15) is 31.8 Å². The third kappa shape index (κ3) is 4.63. The number of carboxylic acids is 1. The molecule has 4 nitrogen and oxygen atoms in total. The van der Waals surface area contributed by atoms with E-state index in [4.69, 9.17) is 0 Å². The Balaban J connectivity index is 1.86. The number of aromatic carboxylic acids is 1. The second-order valence-corrected chi connectivity index (χ2v) is 6.46. The van der Waals surface area contributed by atoms with Gasteiger partial charge in [-0.15, -0.1) is 0 Å². The molecular weight excluding hydrogens is 383 g/mol. The maximum atomic E-state index is 12.9. The van der Waals surface area contributed by atoms with Gasteiger partial charge in [-0.05, 0) is 48.4 Å². The number of anilines is 1. The highest BCUT2D eigenvalue weighted by Gasteiger charge is 2.31. The van der Waals surface area contributed by atoms with Crippen LogP contribution in [0.25, 0.3) is 11.1 Å². The summed E-state index contributed by atoms with van der Waals surface area (Å²) < 4.78 is 38.8. The summed E-state index contributed by atoms with van der Waals surface area (Å²) in [5.41, 5.74) is 1.23. The lowest BCUT2D eigenvalue weighted by atomic mass is 10.0. The zero-order valence-electron chi connectivity index (χ0n) is 15.2. The number of amides is 1. The molecule has 0 atom stereocenters. The van der Waals surface area contributed by atoms with E-state index in [0.717, 1.165) is 22.8 Å². The van der Waals surface area contributed by atoms with Gasteiger partial charge in [-0.3, -0.25) is 4.79 Å². The lowest BCUT2D eigenvalue weighted by Crippen LogP contribution is -2.16. The maximum absolute atomic E-state index is 12.9. The molecule has 0 aliphatic heterocycles. The van der Waals surface area contributed by atoms with E-state index in [9.17, 15) is 27.9 Å². The topological polar surface area (TPSA) is 66.4 Å². The van der Waals surface area contributed by atoms with Gasteiger partial charge in [0.25, 0.3) is 5.91 Å². The molecule has 0 aliphatic rings. The highest BCUT2D eigenvalue weighted by molar-refractivity contribution is 6.08. The van der Waals surface area contributed by atoms with Gasteiger partial charge in [-0.25, -0.2) is 4.79 Å². The molecule has 0 fully saturated rings. The first-order valence-corrected chi connectivity index (χ1v) is 8.58. The summed E-state index contributed by atoms with van der Waals surface area (Å²) in [5, 5.41) is 11.5. The Labute approximate surface area is 164 Å². The van der Waals surface area contributed by atoms with Crippen LogP contribution in [0.15, 0.2) is 66.7 Å². The fourth-order valence-corrected chi connectivity index (χ4v) is 2.77. The summed E-state index contributed by atoms with van der Waals surface area (Å²) >= 11 is 0. The number of rotatable bonds is 4. The van der Waals surface area contributed by atoms with Crippen LogP contribution < -0.4 is 5.32 Å². The minimum Gasteiger partial charge on any atom is -0.478 e. The van der Waals surface area contributed by atoms with E-state index < -0.39 is 34.9 Å². The summed E-state index contributed by atoms with van der Waals surface area (Å²) in [4.78, 5) is 23.8. The second kappa shape index (κ2) is 7.79. The molecule has 3 rings (SSSR count). The Hall–Kier alpha value is -3.61. The zero-order chi connectivity index (χ0) is 21.2. The molecule has 7 heteroatoms. The predicted octanol–water partition coefficient (Wildman–Crippen LogP) is 5.63. The number of carbonyl (C=O) groups is 2. The summed E-state index contributed by atoms with van der Waals surface area (Å²) in [6.45, 7) is 1.97. The third-order valence-corrected chi connectivity index (χ3v) is 4.36. The van der Waals surface area contributed by atoms with Gasteiger partial charge in [0.2, 0.25) is 0 Å². The van der Waals surface area contributed by atoms with Gasteiger partial charge < -0.3 is 10.4 Å². The van der Waals surface area contributed by atoms with E-state index in [2.05, 4.69) is 5.32 Å². The van der Waals surface area contributed by atoms with Crippen molar-refractivity contribution in [1.29, 1.82) is 0 Å². The first-order chi connectivity index (χ1) is 13.6. The number of benzene rings is 3. The normalized spacial score (nSPS) is 11.2. The predicted molar refractivity (Wildman–Crippen MR) is 103 cm³/mol. The Morgan fingerprint density at radius 3 is 1.93 bits per heavy atom. The van der Waals surface area contributed by atoms with Crippen LogP contribution >= 0.6 is 0 Å². The van der Waals surface area contributed by atoms with Crippen molar-refractivity contribution in [2.45, 2.75) is 13.1 Å². The second-order valence-electron chi connectivity index (χ2n) is 6.46. The third-order valence-electron chi connectivity index (χ3n) is 4.36. The number of carbonyl (C=O) groups excluding carboxylic acids is 1. The van der Waals surface area contributed by atoms with Crippen molar-refractivity contribution >= 4 is 17.6 Å². The molecule has 0 radical (unpaired) electrons. The number of alkyl halides is 3. The van der Waals surface area contributed by atoms with Gasteiger partial charge in [0.05, 0.1) is 16.8 Å². The number of hydrogen-bond acceptors (Lipinski definition) is 2. The van der Waals surface area contributed by atoms with Crippen LogP contribution in [0.4, 0.5) is 18.9 Å². The Morgan fingerprint density at radius 1 is 0.862 bits per heavy atom. The van der Waals surface area contributed by atoms with Gasteiger partial charge in [0, 0.05) is 5.56 Å². The largest absolute Gasteiger partial charge is 0.478 e. The fraction of sp³-hybridized carbons (Fsp3) is 0.0909. The Morgan fingerprint density at radius 2 is 1.41 bits per heavy atom. The molecule has 3 aromatic carbocycles. The van der Waals surface area contributed by atoms with Crippen LogP contribution in [0.3, 0.4) is 0 Å². The molecular formula is C22H16F3NO3.